The highest BCUT2D eigenvalue weighted by atomic mass is 32.2. The van der Waals surface area contributed by atoms with Gasteiger partial charge in [0, 0.05) is 17.2 Å². The van der Waals surface area contributed by atoms with Crippen LogP contribution in [0.5, 0.6) is 0 Å². The highest BCUT2D eigenvalue weighted by molar-refractivity contribution is 7.95. The van der Waals surface area contributed by atoms with Crippen LogP contribution in [0.15, 0.2) is 24.3 Å². The Morgan fingerprint density at radius 2 is 1.85 bits per heavy atom. The summed E-state index contributed by atoms with van der Waals surface area (Å²) in [6.07, 6.45) is 0.529. The molecule has 1 aromatic carbocycles. The number of hydrogen-bond donors (Lipinski definition) is 1. The van der Waals surface area contributed by atoms with Crippen molar-refractivity contribution in [3.63, 3.8) is 0 Å². The largest absolute Gasteiger partial charge is 0.465 e. The molecular weight excluding hydrogens is 288 g/mol. The highest BCUT2D eigenvalue weighted by Crippen LogP contribution is 2.29. The highest BCUT2D eigenvalue weighted by Gasteiger charge is 2.32. The number of ketones is 2. The summed E-state index contributed by atoms with van der Waals surface area (Å²) in [7, 11) is -3.57. The predicted molar refractivity (Wildman–Crippen MR) is 66.6 cm³/mol. The number of carbonyl (C=O) groups excluding carboxylic acids is 3. The molecule has 1 aromatic rings. The Bertz CT molecular complexity index is 771. The standard InChI is InChI=1S/C12H8O7S/c1-19-12(15)6-2-3-7-8(4-6)10(20(16,17)18)5-9(13)11(7)14/h2-5H,1H3,(H,16,17,18). The van der Waals surface area contributed by atoms with Gasteiger partial charge in [0.15, 0.2) is 0 Å². The maximum atomic E-state index is 11.7. The zero-order valence-corrected chi connectivity index (χ0v) is 10.9. The monoisotopic (exact) mass is 296 g/mol. The molecule has 0 bridgehead atoms. The minimum absolute atomic E-state index is 0.0112. The Balaban J connectivity index is 2.74. The molecule has 0 amide bonds. The summed E-state index contributed by atoms with van der Waals surface area (Å²) in [5, 5.41) is 0. The summed E-state index contributed by atoms with van der Waals surface area (Å²) in [6.45, 7) is 0. The summed E-state index contributed by atoms with van der Waals surface area (Å²) in [5.74, 6) is -2.72. The molecule has 0 aliphatic heterocycles. The van der Waals surface area contributed by atoms with E-state index in [0.29, 0.717) is 6.08 Å². The predicted octanol–water partition coefficient (Wildman–Crippen LogP) is 0.467. The first-order valence-electron chi connectivity index (χ1n) is 5.26. The van der Waals surface area contributed by atoms with E-state index in [9.17, 15) is 22.8 Å². The van der Waals surface area contributed by atoms with Gasteiger partial charge < -0.3 is 4.74 Å². The minimum atomic E-state index is -4.71. The molecule has 20 heavy (non-hydrogen) atoms. The van der Waals surface area contributed by atoms with Crippen molar-refractivity contribution in [3.8, 4) is 0 Å². The molecule has 0 unspecified atom stereocenters. The molecule has 0 atom stereocenters. The molecule has 1 aliphatic carbocycles. The van der Waals surface area contributed by atoms with E-state index in [1.165, 1.54) is 6.07 Å². The van der Waals surface area contributed by atoms with Crippen LogP contribution < -0.4 is 0 Å². The zero-order chi connectivity index (χ0) is 15.1. The second-order valence-corrected chi connectivity index (χ2v) is 5.32. The summed E-state index contributed by atoms with van der Waals surface area (Å²) >= 11 is 0. The van der Waals surface area contributed by atoms with E-state index in [0.717, 1.165) is 19.2 Å². The molecule has 0 heterocycles. The number of hydrogen-bond acceptors (Lipinski definition) is 6. The first-order chi connectivity index (χ1) is 9.25. The van der Waals surface area contributed by atoms with Gasteiger partial charge in [-0.15, -0.1) is 0 Å². The van der Waals surface area contributed by atoms with Crippen LogP contribution in [0.3, 0.4) is 0 Å². The molecule has 104 valence electrons. The Labute approximate surface area is 113 Å². The summed E-state index contributed by atoms with van der Waals surface area (Å²) < 4.78 is 36.1. The van der Waals surface area contributed by atoms with Gasteiger partial charge in [-0.25, -0.2) is 4.79 Å². The van der Waals surface area contributed by atoms with Gasteiger partial charge in [0.1, 0.15) is 4.91 Å². The fourth-order valence-electron chi connectivity index (χ4n) is 1.80. The van der Waals surface area contributed by atoms with Gasteiger partial charge in [0.25, 0.3) is 10.1 Å². The number of fused-ring (bicyclic) bond motifs is 1. The average molecular weight is 296 g/mol. The zero-order valence-electron chi connectivity index (χ0n) is 10.1. The van der Waals surface area contributed by atoms with Gasteiger partial charge in [0.2, 0.25) is 11.6 Å². The number of ether oxygens (including phenoxy) is 1. The molecule has 0 spiro atoms. The third-order valence-corrected chi connectivity index (χ3v) is 3.61. The van der Waals surface area contributed by atoms with Crippen molar-refractivity contribution in [2.75, 3.05) is 7.11 Å². The second kappa shape index (κ2) is 4.66. The van der Waals surface area contributed by atoms with Crippen molar-refractivity contribution in [2.24, 2.45) is 0 Å². The molecule has 8 heteroatoms. The molecular formula is C12H8O7S. The Morgan fingerprint density at radius 1 is 1.20 bits per heavy atom. The smallest absolute Gasteiger partial charge is 0.337 e. The van der Waals surface area contributed by atoms with Crippen molar-refractivity contribution in [2.45, 2.75) is 0 Å². The third-order valence-electron chi connectivity index (χ3n) is 2.71. The SMILES string of the molecule is COC(=O)c1ccc2c(c1)C(S(=O)(=O)O)=CC(=O)C2=O. The number of esters is 1. The quantitative estimate of drug-likeness (QED) is 0.479. The summed E-state index contributed by atoms with van der Waals surface area (Å²) in [6, 6.07) is 3.44. The van der Waals surface area contributed by atoms with Gasteiger partial charge in [-0.05, 0) is 18.2 Å². The van der Waals surface area contributed by atoms with Crippen LogP contribution in [0.25, 0.3) is 4.91 Å². The van der Waals surface area contributed by atoms with Gasteiger partial charge >= 0.3 is 5.97 Å². The molecule has 0 fully saturated rings. The number of benzene rings is 1. The van der Waals surface area contributed by atoms with E-state index < -0.39 is 32.6 Å². The molecule has 2 rings (SSSR count). The Morgan fingerprint density at radius 3 is 2.40 bits per heavy atom. The number of methoxy groups -OCH3 is 1. The lowest BCUT2D eigenvalue weighted by Crippen LogP contribution is -2.22. The van der Waals surface area contributed by atoms with Crippen molar-refractivity contribution >= 4 is 32.6 Å². The van der Waals surface area contributed by atoms with Crippen molar-refractivity contribution in [1.82, 2.24) is 0 Å². The second-order valence-electron chi connectivity index (χ2n) is 3.93. The molecule has 0 saturated carbocycles. The Hall–Kier alpha value is -2.32. The minimum Gasteiger partial charge on any atom is -0.465 e. The van der Waals surface area contributed by atoms with Crippen molar-refractivity contribution < 1.29 is 32.1 Å². The van der Waals surface area contributed by atoms with Crippen LogP contribution in [0.1, 0.15) is 26.3 Å². The first-order valence-corrected chi connectivity index (χ1v) is 6.70. The van der Waals surface area contributed by atoms with E-state index in [1.807, 2.05) is 0 Å². The van der Waals surface area contributed by atoms with Crippen LogP contribution >= 0.6 is 0 Å². The molecule has 1 aliphatic rings. The maximum absolute atomic E-state index is 11.7. The molecule has 7 nitrogen and oxygen atoms in total. The Kier molecular flexibility index (Phi) is 3.28. The van der Waals surface area contributed by atoms with Gasteiger partial charge in [0.05, 0.1) is 12.7 Å². The van der Waals surface area contributed by atoms with E-state index in [4.69, 9.17) is 4.55 Å². The lowest BCUT2D eigenvalue weighted by molar-refractivity contribution is -0.111. The normalized spacial score (nSPS) is 14.6. The van der Waals surface area contributed by atoms with Crippen LogP contribution in [-0.2, 0) is 19.6 Å². The van der Waals surface area contributed by atoms with Crippen LogP contribution in [0, 0.1) is 0 Å². The van der Waals surface area contributed by atoms with Gasteiger partial charge in [-0.2, -0.15) is 8.42 Å². The fraction of sp³-hybridized carbons (Fsp3) is 0.0833. The van der Waals surface area contributed by atoms with Gasteiger partial charge in [-0.3, -0.25) is 14.1 Å². The summed E-state index contributed by atoms with van der Waals surface area (Å²) in [5.41, 5.74) is -0.416. The number of rotatable bonds is 2. The number of carbonyl (C=O) groups is 3. The van der Waals surface area contributed by atoms with Crippen LogP contribution in [-0.4, -0.2) is 37.6 Å². The number of allylic oxidation sites excluding steroid dienone is 1. The molecule has 0 radical (unpaired) electrons. The summed E-state index contributed by atoms with van der Waals surface area (Å²) in [4.78, 5) is 33.7. The van der Waals surface area contributed by atoms with E-state index >= 15 is 0 Å². The lowest BCUT2D eigenvalue weighted by atomic mass is 9.93. The first kappa shape index (κ1) is 14.1. The molecule has 1 N–H and O–H groups in total. The molecule has 0 saturated heterocycles. The van der Waals surface area contributed by atoms with E-state index in [1.54, 1.807) is 0 Å². The van der Waals surface area contributed by atoms with Crippen LogP contribution in [0.4, 0.5) is 0 Å². The average Bonchev–Trinajstić information content (AvgIpc) is 2.40. The van der Waals surface area contributed by atoms with Crippen molar-refractivity contribution in [1.29, 1.82) is 0 Å². The van der Waals surface area contributed by atoms with Crippen molar-refractivity contribution in [3.05, 3.63) is 41.0 Å². The molecule has 0 aromatic heterocycles. The lowest BCUT2D eigenvalue weighted by Gasteiger charge is -2.14. The van der Waals surface area contributed by atoms with Crippen LogP contribution in [0.2, 0.25) is 0 Å². The topological polar surface area (TPSA) is 115 Å². The fourth-order valence-corrected chi connectivity index (χ4v) is 2.50. The maximum Gasteiger partial charge on any atom is 0.337 e. The van der Waals surface area contributed by atoms with E-state index in [-0.39, 0.29) is 16.7 Å². The van der Waals surface area contributed by atoms with Gasteiger partial charge in [-0.1, -0.05) is 0 Å². The van der Waals surface area contributed by atoms with E-state index in [2.05, 4.69) is 4.74 Å². The number of Topliss-reactive ketones (excluding diaryl/α,β-unsaturated/α-hetero) is 1. The third kappa shape index (κ3) is 2.26.